The highest BCUT2D eigenvalue weighted by Gasteiger charge is 2.41. The Kier molecular flexibility index (Phi) is 4.55. The monoisotopic (exact) mass is 324 g/mol. The maximum absolute atomic E-state index is 12.7. The Labute approximate surface area is 141 Å². The summed E-state index contributed by atoms with van der Waals surface area (Å²) in [6.45, 7) is 0.925. The van der Waals surface area contributed by atoms with E-state index in [0.29, 0.717) is 18.7 Å². The molecule has 1 unspecified atom stereocenters. The minimum atomic E-state index is -0.255. The molecule has 0 saturated carbocycles. The highest BCUT2D eigenvalue weighted by Crippen LogP contribution is 2.34. The average Bonchev–Trinajstić information content (AvgIpc) is 3.07. The average molecular weight is 324 g/mol. The van der Waals surface area contributed by atoms with Crippen LogP contribution in [0.3, 0.4) is 0 Å². The van der Waals surface area contributed by atoms with Crippen LogP contribution in [-0.2, 0) is 4.79 Å². The summed E-state index contributed by atoms with van der Waals surface area (Å²) in [5.41, 5.74) is 1.58. The maximum Gasteiger partial charge on any atom is 0.254 e. The zero-order chi connectivity index (χ0) is 17.1. The largest absolute Gasteiger partial charge is 0.349 e. The first-order valence-electron chi connectivity index (χ1n) is 7.88. The number of carbonyl (C=O) groups excluding carboxylic acids is 2. The van der Waals surface area contributed by atoms with Crippen molar-refractivity contribution in [2.75, 3.05) is 27.2 Å². The highest BCUT2D eigenvalue weighted by molar-refractivity contribution is 5.95. The van der Waals surface area contributed by atoms with Gasteiger partial charge in [-0.1, -0.05) is 6.07 Å². The number of nitrogens with zero attached hydrogens (tertiary/aromatic N) is 4. The molecular weight excluding hydrogens is 304 g/mol. The standard InChI is InChI=1S/C18H20N4O2/c1-21(2)18(24)16-12-22(17(23)13-5-8-19-9-6-13)11-15(16)14-4-3-7-20-10-14/h3-10,15-16H,11-12H2,1-2H3/t15-,16?/m0/s1. The Hall–Kier alpha value is -2.76. The maximum atomic E-state index is 12.7. The summed E-state index contributed by atoms with van der Waals surface area (Å²) in [6.07, 6.45) is 6.69. The van der Waals surface area contributed by atoms with Crippen LogP contribution in [0.15, 0.2) is 49.1 Å². The van der Waals surface area contributed by atoms with Crippen LogP contribution in [0, 0.1) is 5.92 Å². The molecule has 1 aliphatic heterocycles. The van der Waals surface area contributed by atoms with Gasteiger partial charge in [-0.2, -0.15) is 0 Å². The van der Waals surface area contributed by atoms with Gasteiger partial charge < -0.3 is 9.80 Å². The lowest BCUT2D eigenvalue weighted by Crippen LogP contribution is -2.34. The molecular formula is C18H20N4O2. The van der Waals surface area contributed by atoms with E-state index in [1.807, 2.05) is 12.1 Å². The highest BCUT2D eigenvalue weighted by atomic mass is 16.2. The van der Waals surface area contributed by atoms with Crippen LogP contribution in [0.5, 0.6) is 0 Å². The number of amides is 2. The Morgan fingerprint density at radius 1 is 1.08 bits per heavy atom. The normalized spacial score (nSPS) is 20.0. The number of likely N-dealkylation sites (tertiary alicyclic amines) is 1. The minimum absolute atomic E-state index is 0.0360. The fraction of sp³-hybridized carbons (Fsp3) is 0.333. The number of hydrogen-bond acceptors (Lipinski definition) is 4. The molecule has 2 amide bonds. The van der Waals surface area contributed by atoms with Crippen LogP contribution in [0.4, 0.5) is 0 Å². The van der Waals surface area contributed by atoms with Crippen LogP contribution in [0.2, 0.25) is 0 Å². The lowest BCUT2D eigenvalue weighted by molar-refractivity contribution is -0.132. The van der Waals surface area contributed by atoms with E-state index in [1.165, 1.54) is 0 Å². The number of hydrogen-bond donors (Lipinski definition) is 0. The van der Waals surface area contributed by atoms with E-state index in [4.69, 9.17) is 0 Å². The zero-order valence-corrected chi connectivity index (χ0v) is 13.8. The van der Waals surface area contributed by atoms with Gasteiger partial charge in [-0.15, -0.1) is 0 Å². The summed E-state index contributed by atoms with van der Waals surface area (Å²) in [5, 5.41) is 0. The molecule has 1 fully saturated rings. The molecule has 0 aliphatic carbocycles. The van der Waals surface area contributed by atoms with Crippen LogP contribution < -0.4 is 0 Å². The first-order valence-corrected chi connectivity index (χ1v) is 7.88. The van der Waals surface area contributed by atoms with Crippen molar-refractivity contribution in [2.24, 2.45) is 5.92 Å². The first-order chi connectivity index (χ1) is 11.6. The second kappa shape index (κ2) is 6.78. The van der Waals surface area contributed by atoms with Crippen molar-refractivity contribution in [3.63, 3.8) is 0 Å². The van der Waals surface area contributed by atoms with Gasteiger partial charge in [0.25, 0.3) is 5.91 Å². The third-order valence-electron chi connectivity index (χ3n) is 4.40. The summed E-state index contributed by atoms with van der Waals surface area (Å²) in [4.78, 5) is 36.8. The molecule has 3 heterocycles. The molecule has 6 nitrogen and oxygen atoms in total. The summed E-state index contributed by atoms with van der Waals surface area (Å²) in [5.74, 6) is -0.330. The van der Waals surface area contributed by atoms with Crippen molar-refractivity contribution in [3.05, 3.63) is 60.2 Å². The predicted octanol–water partition coefficient (Wildman–Crippen LogP) is 1.42. The van der Waals surface area contributed by atoms with E-state index < -0.39 is 0 Å². The Morgan fingerprint density at radius 3 is 2.46 bits per heavy atom. The number of rotatable bonds is 3. The van der Waals surface area contributed by atoms with Crippen molar-refractivity contribution in [3.8, 4) is 0 Å². The molecule has 3 rings (SSSR count). The number of carbonyl (C=O) groups is 2. The lowest BCUT2D eigenvalue weighted by atomic mass is 9.89. The molecule has 2 atom stereocenters. The SMILES string of the molecule is CN(C)C(=O)C1CN(C(=O)c2ccncc2)C[C@H]1c1cccnc1. The van der Waals surface area contributed by atoms with E-state index >= 15 is 0 Å². The molecule has 0 radical (unpaired) electrons. The fourth-order valence-electron chi connectivity index (χ4n) is 3.16. The summed E-state index contributed by atoms with van der Waals surface area (Å²) in [7, 11) is 3.49. The molecule has 0 aromatic carbocycles. The van der Waals surface area contributed by atoms with Gasteiger partial charge in [0.1, 0.15) is 0 Å². The molecule has 1 aliphatic rings. The smallest absolute Gasteiger partial charge is 0.254 e. The lowest BCUT2D eigenvalue weighted by Gasteiger charge is -2.21. The Bertz CT molecular complexity index is 718. The Morgan fingerprint density at radius 2 is 1.83 bits per heavy atom. The van der Waals surface area contributed by atoms with Gasteiger partial charge >= 0.3 is 0 Å². The van der Waals surface area contributed by atoms with Crippen LogP contribution in [0.25, 0.3) is 0 Å². The van der Waals surface area contributed by atoms with E-state index in [-0.39, 0.29) is 23.7 Å². The molecule has 2 aromatic rings. The Balaban J connectivity index is 1.87. The summed E-state index contributed by atoms with van der Waals surface area (Å²) >= 11 is 0. The molecule has 1 saturated heterocycles. The van der Waals surface area contributed by atoms with E-state index in [9.17, 15) is 9.59 Å². The number of aromatic nitrogens is 2. The van der Waals surface area contributed by atoms with Gasteiger partial charge in [-0.05, 0) is 23.8 Å². The van der Waals surface area contributed by atoms with E-state index in [1.54, 1.807) is 60.8 Å². The third kappa shape index (κ3) is 3.13. The zero-order valence-electron chi connectivity index (χ0n) is 13.8. The fourth-order valence-corrected chi connectivity index (χ4v) is 3.16. The van der Waals surface area contributed by atoms with Gasteiger partial charge in [0.05, 0.1) is 5.92 Å². The van der Waals surface area contributed by atoms with E-state index in [0.717, 1.165) is 5.56 Å². The van der Waals surface area contributed by atoms with Crippen LogP contribution in [0.1, 0.15) is 21.8 Å². The van der Waals surface area contributed by atoms with Gasteiger partial charge in [0.2, 0.25) is 5.91 Å². The van der Waals surface area contributed by atoms with Gasteiger partial charge in [-0.3, -0.25) is 19.6 Å². The first kappa shape index (κ1) is 16.1. The molecule has 124 valence electrons. The van der Waals surface area contributed by atoms with Crippen molar-refractivity contribution in [2.45, 2.75) is 5.92 Å². The van der Waals surface area contributed by atoms with Gasteiger partial charge in [0.15, 0.2) is 0 Å². The quantitative estimate of drug-likeness (QED) is 0.856. The molecule has 0 bridgehead atoms. The van der Waals surface area contributed by atoms with Gasteiger partial charge in [-0.25, -0.2) is 0 Å². The third-order valence-corrected chi connectivity index (χ3v) is 4.40. The van der Waals surface area contributed by atoms with E-state index in [2.05, 4.69) is 9.97 Å². The predicted molar refractivity (Wildman–Crippen MR) is 89.3 cm³/mol. The molecule has 0 N–H and O–H groups in total. The van der Waals surface area contributed by atoms with Crippen molar-refractivity contribution < 1.29 is 9.59 Å². The van der Waals surface area contributed by atoms with Crippen LogP contribution in [-0.4, -0.2) is 58.8 Å². The van der Waals surface area contributed by atoms with Crippen LogP contribution >= 0.6 is 0 Å². The van der Waals surface area contributed by atoms with Crippen molar-refractivity contribution in [1.29, 1.82) is 0 Å². The minimum Gasteiger partial charge on any atom is -0.349 e. The second-order valence-electron chi connectivity index (χ2n) is 6.18. The summed E-state index contributed by atoms with van der Waals surface area (Å²) in [6, 6.07) is 7.22. The molecule has 0 spiro atoms. The summed E-state index contributed by atoms with van der Waals surface area (Å²) < 4.78 is 0. The molecule has 6 heteroatoms. The molecule has 2 aromatic heterocycles. The second-order valence-corrected chi connectivity index (χ2v) is 6.18. The number of pyridine rings is 2. The topological polar surface area (TPSA) is 66.4 Å². The molecule has 24 heavy (non-hydrogen) atoms. The van der Waals surface area contributed by atoms with Crippen molar-refractivity contribution in [1.82, 2.24) is 19.8 Å². The van der Waals surface area contributed by atoms with Gasteiger partial charge in [0, 0.05) is 63.5 Å². The van der Waals surface area contributed by atoms with Crippen molar-refractivity contribution >= 4 is 11.8 Å².